The molecule has 138 valence electrons. The number of aromatic hydroxyl groups is 1. The number of anilines is 1. The SMILES string of the molecule is NC(=O)c1c(O)ncn1Cc1ccc(NC(=O)CCC2CCCC2)cc1. The van der Waals surface area contributed by atoms with Gasteiger partial charge in [-0.25, -0.2) is 4.98 Å². The fraction of sp³-hybridized carbons (Fsp3) is 0.421. The average Bonchev–Trinajstić information content (AvgIpc) is 3.24. The van der Waals surface area contributed by atoms with Crippen LogP contribution in [-0.2, 0) is 11.3 Å². The van der Waals surface area contributed by atoms with Crippen LogP contribution in [0, 0.1) is 5.92 Å². The number of imidazole rings is 1. The molecule has 0 aliphatic heterocycles. The van der Waals surface area contributed by atoms with Crippen molar-refractivity contribution in [2.45, 2.75) is 45.1 Å². The van der Waals surface area contributed by atoms with Crippen LogP contribution in [0.25, 0.3) is 0 Å². The van der Waals surface area contributed by atoms with E-state index < -0.39 is 5.91 Å². The van der Waals surface area contributed by atoms with Gasteiger partial charge in [-0.2, -0.15) is 0 Å². The molecule has 2 amide bonds. The summed E-state index contributed by atoms with van der Waals surface area (Å²) in [6.45, 7) is 0.349. The first-order valence-electron chi connectivity index (χ1n) is 8.95. The number of amides is 2. The zero-order valence-corrected chi connectivity index (χ0v) is 14.6. The Morgan fingerprint density at radius 2 is 1.92 bits per heavy atom. The van der Waals surface area contributed by atoms with Crippen LogP contribution in [0.3, 0.4) is 0 Å². The smallest absolute Gasteiger partial charge is 0.271 e. The summed E-state index contributed by atoms with van der Waals surface area (Å²) in [5, 5.41) is 12.5. The first kappa shape index (κ1) is 18.0. The van der Waals surface area contributed by atoms with E-state index in [0.717, 1.165) is 17.7 Å². The lowest BCUT2D eigenvalue weighted by atomic mass is 10.0. The Hall–Kier alpha value is -2.83. The third-order valence-corrected chi connectivity index (χ3v) is 4.90. The minimum Gasteiger partial charge on any atom is -0.492 e. The van der Waals surface area contributed by atoms with Crippen molar-refractivity contribution in [1.82, 2.24) is 9.55 Å². The monoisotopic (exact) mass is 356 g/mol. The van der Waals surface area contributed by atoms with Crippen LogP contribution >= 0.6 is 0 Å². The molecule has 1 aromatic heterocycles. The number of nitrogens with zero attached hydrogens (tertiary/aromatic N) is 2. The van der Waals surface area contributed by atoms with Crippen LogP contribution in [0.2, 0.25) is 0 Å². The van der Waals surface area contributed by atoms with Crippen molar-refractivity contribution in [2.75, 3.05) is 5.32 Å². The van der Waals surface area contributed by atoms with Gasteiger partial charge in [0.05, 0.1) is 6.33 Å². The molecule has 0 spiro atoms. The number of nitrogens with two attached hydrogens (primary N) is 1. The highest BCUT2D eigenvalue weighted by molar-refractivity contribution is 5.93. The quantitative estimate of drug-likeness (QED) is 0.708. The molecule has 1 saturated carbocycles. The summed E-state index contributed by atoms with van der Waals surface area (Å²) >= 11 is 0. The number of nitrogens with one attached hydrogen (secondary N) is 1. The number of carbonyl (C=O) groups excluding carboxylic acids is 2. The molecule has 1 aliphatic rings. The van der Waals surface area contributed by atoms with Gasteiger partial charge >= 0.3 is 0 Å². The van der Waals surface area contributed by atoms with E-state index in [4.69, 9.17) is 5.73 Å². The standard InChI is InChI=1S/C19H24N4O3/c20-18(25)17-19(26)21-12-23(17)11-14-5-8-15(9-6-14)22-16(24)10-7-13-3-1-2-4-13/h5-6,8-9,12-13,26H,1-4,7,10-11H2,(H2,20,25)(H,22,24). The van der Waals surface area contributed by atoms with Crippen LogP contribution in [0.1, 0.15) is 54.6 Å². The summed E-state index contributed by atoms with van der Waals surface area (Å²) in [4.78, 5) is 27.1. The maximum absolute atomic E-state index is 12.1. The number of hydrogen-bond acceptors (Lipinski definition) is 4. The lowest BCUT2D eigenvalue weighted by molar-refractivity contribution is -0.116. The van der Waals surface area contributed by atoms with Gasteiger partial charge in [-0.05, 0) is 30.0 Å². The number of rotatable bonds is 7. The van der Waals surface area contributed by atoms with Crippen molar-refractivity contribution in [3.05, 3.63) is 41.9 Å². The van der Waals surface area contributed by atoms with Crippen molar-refractivity contribution < 1.29 is 14.7 Å². The second-order valence-corrected chi connectivity index (χ2v) is 6.84. The first-order valence-corrected chi connectivity index (χ1v) is 8.95. The number of aromatic nitrogens is 2. The third-order valence-electron chi connectivity index (χ3n) is 4.90. The summed E-state index contributed by atoms with van der Waals surface area (Å²) in [7, 11) is 0. The van der Waals surface area contributed by atoms with Gasteiger partial charge in [0.2, 0.25) is 11.8 Å². The van der Waals surface area contributed by atoms with Gasteiger partial charge in [0.1, 0.15) is 0 Å². The van der Waals surface area contributed by atoms with Gasteiger partial charge in [-0.1, -0.05) is 37.8 Å². The summed E-state index contributed by atoms with van der Waals surface area (Å²) < 4.78 is 1.49. The Bertz CT molecular complexity index is 777. The lowest BCUT2D eigenvalue weighted by Gasteiger charge is -2.10. The summed E-state index contributed by atoms with van der Waals surface area (Å²) in [5.74, 6) is -0.357. The summed E-state index contributed by atoms with van der Waals surface area (Å²) in [6, 6.07) is 7.36. The molecule has 1 fully saturated rings. The fourth-order valence-corrected chi connectivity index (χ4v) is 3.49. The van der Waals surface area contributed by atoms with Crippen LogP contribution in [0.5, 0.6) is 5.88 Å². The predicted molar refractivity (Wildman–Crippen MR) is 97.8 cm³/mol. The van der Waals surface area contributed by atoms with Gasteiger partial charge in [0.25, 0.3) is 5.91 Å². The Kier molecular flexibility index (Phi) is 5.55. The molecule has 4 N–H and O–H groups in total. The Labute approximate surface area is 152 Å². The molecule has 0 saturated heterocycles. The summed E-state index contributed by atoms with van der Waals surface area (Å²) in [5.41, 5.74) is 6.88. The van der Waals surface area contributed by atoms with Crippen LogP contribution in [0.15, 0.2) is 30.6 Å². The van der Waals surface area contributed by atoms with Crippen molar-refractivity contribution in [1.29, 1.82) is 0 Å². The molecule has 1 heterocycles. The highest BCUT2D eigenvalue weighted by Crippen LogP contribution is 2.28. The van der Waals surface area contributed by atoms with Crippen LogP contribution < -0.4 is 11.1 Å². The van der Waals surface area contributed by atoms with Crippen molar-refractivity contribution >= 4 is 17.5 Å². The average molecular weight is 356 g/mol. The van der Waals surface area contributed by atoms with Gasteiger partial charge in [-0.15, -0.1) is 0 Å². The molecule has 7 nitrogen and oxygen atoms in total. The molecule has 0 bridgehead atoms. The van der Waals surface area contributed by atoms with Crippen molar-refractivity contribution in [2.24, 2.45) is 11.7 Å². The number of carbonyl (C=O) groups is 2. The largest absolute Gasteiger partial charge is 0.492 e. The van der Waals surface area contributed by atoms with E-state index in [1.165, 1.54) is 36.6 Å². The molecule has 1 aliphatic carbocycles. The van der Waals surface area contributed by atoms with E-state index in [1.54, 1.807) is 0 Å². The van der Waals surface area contributed by atoms with Crippen LogP contribution in [0.4, 0.5) is 5.69 Å². The van der Waals surface area contributed by atoms with E-state index in [0.29, 0.717) is 18.9 Å². The second-order valence-electron chi connectivity index (χ2n) is 6.84. The first-order chi connectivity index (χ1) is 12.5. The Balaban J connectivity index is 1.55. The van der Waals surface area contributed by atoms with Gasteiger partial charge < -0.3 is 20.7 Å². The molecule has 0 unspecified atom stereocenters. The normalized spacial score (nSPS) is 14.5. The molecule has 0 atom stereocenters. The van der Waals surface area contributed by atoms with Gasteiger partial charge in [0.15, 0.2) is 5.69 Å². The highest BCUT2D eigenvalue weighted by atomic mass is 16.3. The number of hydrogen-bond donors (Lipinski definition) is 3. The minimum atomic E-state index is -0.730. The zero-order chi connectivity index (χ0) is 18.5. The highest BCUT2D eigenvalue weighted by Gasteiger charge is 2.17. The van der Waals surface area contributed by atoms with E-state index >= 15 is 0 Å². The van der Waals surface area contributed by atoms with E-state index in [-0.39, 0.29) is 17.5 Å². The number of primary amides is 1. The molecular formula is C19H24N4O3. The van der Waals surface area contributed by atoms with E-state index in [1.807, 2.05) is 24.3 Å². The molecule has 2 aromatic rings. The topological polar surface area (TPSA) is 110 Å². The maximum atomic E-state index is 12.1. The fourth-order valence-electron chi connectivity index (χ4n) is 3.49. The Morgan fingerprint density at radius 1 is 1.23 bits per heavy atom. The van der Waals surface area contributed by atoms with Gasteiger partial charge in [-0.3, -0.25) is 9.59 Å². The second kappa shape index (κ2) is 8.03. The number of benzene rings is 1. The van der Waals surface area contributed by atoms with Gasteiger partial charge in [0, 0.05) is 18.7 Å². The third kappa shape index (κ3) is 4.41. The molecule has 26 heavy (non-hydrogen) atoms. The van der Waals surface area contributed by atoms with Crippen molar-refractivity contribution in [3.8, 4) is 5.88 Å². The molecule has 7 heteroatoms. The molecular weight excluding hydrogens is 332 g/mol. The summed E-state index contributed by atoms with van der Waals surface area (Å²) in [6.07, 6.45) is 7.97. The van der Waals surface area contributed by atoms with Crippen LogP contribution in [-0.4, -0.2) is 26.5 Å². The molecule has 0 radical (unpaired) electrons. The minimum absolute atomic E-state index is 0.0192. The van der Waals surface area contributed by atoms with Crippen molar-refractivity contribution in [3.63, 3.8) is 0 Å². The zero-order valence-electron chi connectivity index (χ0n) is 14.6. The predicted octanol–water partition coefficient (Wildman–Crippen LogP) is 2.64. The molecule has 3 rings (SSSR count). The molecule has 1 aromatic carbocycles. The maximum Gasteiger partial charge on any atom is 0.271 e. The Morgan fingerprint density at radius 3 is 2.58 bits per heavy atom. The lowest BCUT2D eigenvalue weighted by Crippen LogP contribution is -2.17. The van der Waals surface area contributed by atoms with E-state index in [2.05, 4.69) is 10.3 Å². The van der Waals surface area contributed by atoms with E-state index in [9.17, 15) is 14.7 Å².